The normalized spacial score (nSPS) is 4.20. The SMILES string of the molecule is B.O=PO.[HH].[KH]. The molecule has 0 bridgehead atoms. The zero-order chi connectivity index (χ0) is 2.71. The minimum absolute atomic E-state index is 0. The van der Waals surface area contributed by atoms with Crippen molar-refractivity contribution >= 4 is 68.5 Å². The van der Waals surface area contributed by atoms with Crippen molar-refractivity contribution in [3.8, 4) is 0 Å². The van der Waals surface area contributed by atoms with Gasteiger partial charge in [0.05, 0.1) is 8.41 Å². The second-order valence-corrected chi connectivity index (χ2v) is 0.245. The van der Waals surface area contributed by atoms with Crippen LogP contribution < -0.4 is 0 Å². The van der Waals surface area contributed by atoms with Gasteiger partial charge in [-0.3, -0.25) is 0 Å². The third-order valence-corrected chi connectivity index (χ3v) is 0. The van der Waals surface area contributed by atoms with Crippen LogP contribution >= 0.6 is 8.69 Å². The van der Waals surface area contributed by atoms with Gasteiger partial charge < -0.3 is 4.89 Å². The Kier molecular flexibility index (Phi) is 54.3. The molecule has 5 heavy (non-hydrogen) atoms. The van der Waals surface area contributed by atoms with Crippen LogP contribution in [0.3, 0.4) is 0 Å². The van der Waals surface area contributed by atoms with Gasteiger partial charge in [0.2, 0.25) is 0 Å². The van der Waals surface area contributed by atoms with Crippen molar-refractivity contribution in [3.63, 3.8) is 0 Å². The number of hydrogen-bond acceptors (Lipinski definition) is 1. The summed E-state index contributed by atoms with van der Waals surface area (Å²) in [6, 6.07) is 0. The molecule has 0 aromatic carbocycles. The summed E-state index contributed by atoms with van der Waals surface area (Å²) in [5.41, 5.74) is 0. The summed E-state index contributed by atoms with van der Waals surface area (Å²) >= 11 is 0. The summed E-state index contributed by atoms with van der Waals surface area (Å²) < 4.78 is 8.46. The number of hydrogen-bond donors (Lipinski definition) is 1. The molecule has 0 radical (unpaired) electrons. The first-order chi connectivity index (χ1) is 1.41. The van der Waals surface area contributed by atoms with Gasteiger partial charge in [-0.05, 0) is 0 Å². The summed E-state index contributed by atoms with van der Waals surface area (Å²) in [5, 5.41) is 0. The fourth-order valence-corrected chi connectivity index (χ4v) is 0. The molecule has 0 heterocycles. The van der Waals surface area contributed by atoms with Crippen molar-refractivity contribution in [2.24, 2.45) is 0 Å². The molecule has 5 heteroatoms. The predicted molar refractivity (Wildman–Crippen MR) is 29.0 cm³/mol. The first-order valence-electron chi connectivity index (χ1n) is 0.383. The Morgan fingerprint density at radius 3 is 1.80 bits per heavy atom. The second kappa shape index (κ2) is 17.1. The van der Waals surface area contributed by atoms with Crippen LogP contribution in [0.25, 0.3) is 0 Å². The van der Waals surface area contributed by atoms with Gasteiger partial charge in [0.1, 0.15) is 0 Å². The zero-order valence-electron chi connectivity index (χ0n) is 1.30. The third-order valence-electron chi connectivity index (χ3n) is 0. The maximum absolute atomic E-state index is 8.46. The summed E-state index contributed by atoms with van der Waals surface area (Å²) in [7, 11) is -0.833. The molecule has 0 spiro atoms. The summed E-state index contributed by atoms with van der Waals surface area (Å²) in [6.45, 7) is 0. The molecule has 0 aliphatic heterocycles. The van der Waals surface area contributed by atoms with E-state index in [1.807, 2.05) is 0 Å². The molecule has 0 fully saturated rings. The van der Waals surface area contributed by atoms with Crippen molar-refractivity contribution in [1.29, 1.82) is 0 Å². The van der Waals surface area contributed by atoms with Crippen LogP contribution in [-0.4, -0.2) is 64.7 Å². The van der Waals surface area contributed by atoms with E-state index in [-0.39, 0.29) is 61.2 Å². The topological polar surface area (TPSA) is 37.3 Å². The van der Waals surface area contributed by atoms with Crippen LogP contribution in [-0.2, 0) is 4.57 Å². The van der Waals surface area contributed by atoms with Gasteiger partial charge >= 0.3 is 60.1 Å². The molecule has 0 saturated heterocycles. The van der Waals surface area contributed by atoms with Gasteiger partial charge in [0.15, 0.2) is 0 Å². The monoisotopic (exact) mass is 120 g/mol. The van der Waals surface area contributed by atoms with Gasteiger partial charge in [-0.15, -0.1) is 0 Å². The Hall–Kier alpha value is 1.76. The molecule has 0 saturated carbocycles. The summed E-state index contributed by atoms with van der Waals surface area (Å²) in [6.07, 6.45) is 0. The van der Waals surface area contributed by atoms with Gasteiger partial charge in [-0.25, -0.2) is 4.57 Å². The molecule has 0 aromatic rings. The molecule has 2 nitrogen and oxygen atoms in total. The molecule has 0 aliphatic rings. The standard InChI is InChI=1S/BH3.K.HO2P.H2.H/c;;1-3-2;;/h1H3;;(H,1,2);1H;. The van der Waals surface area contributed by atoms with E-state index in [0.717, 1.165) is 0 Å². The first-order valence-corrected chi connectivity index (χ1v) is 1.15. The van der Waals surface area contributed by atoms with E-state index in [1.165, 1.54) is 0 Å². The van der Waals surface area contributed by atoms with E-state index in [9.17, 15) is 0 Å². The Bertz CT molecular complexity index is 21.0. The zero-order valence-corrected chi connectivity index (χ0v) is 2.20. The molecular weight excluding hydrogens is 113 g/mol. The van der Waals surface area contributed by atoms with E-state index in [2.05, 4.69) is 0 Å². The van der Waals surface area contributed by atoms with Gasteiger partial charge in [0, 0.05) is 1.43 Å². The fourth-order valence-electron chi connectivity index (χ4n) is 0. The molecule has 28 valence electrons. The Balaban J connectivity index is -0.00000000667. The van der Waals surface area contributed by atoms with Crippen LogP contribution in [0.4, 0.5) is 0 Å². The molecule has 0 aliphatic carbocycles. The summed E-state index contributed by atoms with van der Waals surface area (Å²) in [5.74, 6) is 0. The van der Waals surface area contributed by atoms with E-state index in [1.54, 1.807) is 0 Å². The molecule has 0 unspecified atom stereocenters. The predicted octanol–water partition coefficient (Wildman–Crippen LogP) is -1.40. The minimum atomic E-state index is -0.833. The van der Waals surface area contributed by atoms with Gasteiger partial charge in [-0.1, -0.05) is 0 Å². The van der Waals surface area contributed by atoms with Crippen molar-refractivity contribution in [3.05, 3.63) is 0 Å². The van der Waals surface area contributed by atoms with Gasteiger partial charge in [-0.2, -0.15) is 0 Å². The van der Waals surface area contributed by atoms with Crippen LogP contribution in [0.1, 0.15) is 1.43 Å². The molecule has 0 aromatic heterocycles. The average Bonchev–Trinajstić information content (AvgIpc) is 0.918. The third kappa shape index (κ3) is 26.3. The van der Waals surface area contributed by atoms with Crippen LogP contribution in [0.2, 0.25) is 0 Å². The molecular formula is H7BKO2P. The Labute approximate surface area is 78.1 Å². The number of rotatable bonds is 0. The van der Waals surface area contributed by atoms with E-state index < -0.39 is 8.69 Å². The first kappa shape index (κ1) is 15.9. The quantitative estimate of drug-likeness (QED) is 0.315. The molecule has 1 N–H and O–H groups in total. The van der Waals surface area contributed by atoms with Crippen LogP contribution in [0, 0.1) is 0 Å². The van der Waals surface area contributed by atoms with Crippen molar-refractivity contribution in [2.75, 3.05) is 0 Å². The van der Waals surface area contributed by atoms with Crippen molar-refractivity contribution in [2.45, 2.75) is 0 Å². The second-order valence-electron chi connectivity index (χ2n) is 0.0816. The Morgan fingerprint density at radius 1 is 1.80 bits per heavy atom. The fraction of sp³-hybridized carbons (Fsp3) is 0. The van der Waals surface area contributed by atoms with E-state index in [0.29, 0.717) is 0 Å². The van der Waals surface area contributed by atoms with E-state index in [4.69, 9.17) is 9.46 Å². The summed E-state index contributed by atoms with van der Waals surface area (Å²) in [4.78, 5) is 6.99. The van der Waals surface area contributed by atoms with E-state index >= 15 is 0 Å². The van der Waals surface area contributed by atoms with Crippen molar-refractivity contribution in [1.82, 2.24) is 0 Å². The average molecular weight is 120 g/mol. The molecule has 0 atom stereocenters. The Morgan fingerprint density at radius 2 is 1.80 bits per heavy atom. The maximum atomic E-state index is 8.46. The molecule has 0 amide bonds. The van der Waals surface area contributed by atoms with Crippen LogP contribution in [0.15, 0.2) is 0 Å². The van der Waals surface area contributed by atoms with Crippen molar-refractivity contribution < 1.29 is 10.9 Å². The van der Waals surface area contributed by atoms with Gasteiger partial charge in [0.25, 0.3) is 0 Å². The van der Waals surface area contributed by atoms with Crippen LogP contribution in [0.5, 0.6) is 0 Å². The molecule has 0 rings (SSSR count).